The van der Waals surface area contributed by atoms with Crippen LogP contribution < -0.4 is 5.32 Å². The van der Waals surface area contributed by atoms with Gasteiger partial charge in [0.1, 0.15) is 5.82 Å². The summed E-state index contributed by atoms with van der Waals surface area (Å²) in [4.78, 5) is 13.2. The highest BCUT2D eigenvalue weighted by Gasteiger charge is 2.30. The molecule has 2 rings (SSSR count). The van der Waals surface area contributed by atoms with Crippen molar-refractivity contribution >= 4 is 22.0 Å². The van der Waals surface area contributed by atoms with Crippen molar-refractivity contribution in [3.63, 3.8) is 0 Å². The average Bonchev–Trinajstić information content (AvgIpc) is 2.71. The van der Waals surface area contributed by atoms with E-state index in [0.29, 0.717) is 25.1 Å². The van der Waals surface area contributed by atoms with Gasteiger partial charge in [0, 0.05) is 29.7 Å². The van der Waals surface area contributed by atoms with Gasteiger partial charge in [-0.15, -0.1) is 0 Å². The highest BCUT2D eigenvalue weighted by atomic mass is 79.9. The van der Waals surface area contributed by atoms with E-state index < -0.39 is 0 Å². The maximum absolute atomic E-state index is 13.7. The van der Waals surface area contributed by atoms with Gasteiger partial charge in [-0.05, 0) is 24.6 Å². The maximum Gasteiger partial charge on any atom is 0.318 e. The van der Waals surface area contributed by atoms with Gasteiger partial charge in [-0.2, -0.15) is 0 Å². The van der Waals surface area contributed by atoms with Gasteiger partial charge in [0.25, 0.3) is 0 Å². The minimum atomic E-state index is -0.339. The van der Waals surface area contributed by atoms with E-state index in [4.69, 9.17) is 5.11 Å². The molecule has 1 atom stereocenters. The minimum Gasteiger partial charge on any atom is -0.396 e. The van der Waals surface area contributed by atoms with Crippen LogP contribution in [0, 0.1) is 5.82 Å². The normalized spacial score (nSPS) is 19.2. The number of carbonyl (C=O) groups excluding carboxylic acids is 1. The van der Waals surface area contributed by atoms with Crippen molar-refractivity contribution in [2.75, 3.05) is 19.7 Å². The van der Waals surface area contributed by atoms with Crippen molar-refractivity contribution in [1.82, 2.24) is 10.2 Å². The van der Waals surface area contributed by atoms with Crippen molar-refractivity contribution in [2.24, 2.45) is 0 Å². The molecule has 1 aliphatic rings. The van der Waals surface area contributed by atoms with Gasteiger partial charge >= 0.3 is 6.03 Å². The summed E-state index contributed by atoms with van der Waals surface area (Å²) in [6, 6.07) is 4.12. The molecule has 1 aromatic rings. The summed E-state index contributed by atoms with van der Waals surface area (Å²) in [5.41, 5.74) is 0.476. The second-order valence-electron chi connectivity index (χ2n) is 4.19. The molecule has 0 aliphatic carbocycles. The number of carbonyl (C=O) groups is 1. The predicted molar refractivity (Wildman–Crippen MR) is 68.6 cm³/mol. The van der Waals surface area contributed by atoms with Crippen LogP contribution in [-0.4, -0.2) is 35.7 Å². The van der Waals surface area contributed by atoms with Gasteiger partial charge in [0.05, 0.1) is 6.04 Å². The summed E-state index contributed by atoms with van der Waals surface area (Å²) < 4.78 is 14.5. The first kappa shape index (κ1) is 13.3. The molecule has 0 saturated carbocycles. The van der Waals surface area contributed by atoms with Crippen LogP contribution in [0.2, 0.25) is 0 Å². The number of nitrogens with one attached hydrogen (secondary N) is 1. The average molecular weight is 317 g/mol. The topological polar surface area (TPSA) is 52.6 Å². The SMILES string of the molecule is O=C1NC(c2cc(Br)ccc2F)CN1CCCO. The van der Waals surface area contributed by atoms with Crippen LogP contribution in [0.1, 0.15) is 18.0 Å². The van der Waals surface area contributed by atoms with Crippen LogP contribution in [-0.2, 0) is 0 Å². The number of benzene rings is 1. The Morgan fingerprint density at radius 1 is 1.56 bits per heavy atom. The largest absolute Gasteiger partial charge is 0.396 e. The number of amides is 2. The summed E-state index contributed by atoms with van der Waals surface area (Å²) in [6.45, 7) is 0.945. The fourth-order valence-corrected chi connectivity index (χ4v) is 2.38. The highest BCUT2D eigenvalue weighted by molar-refractivity contribution is 9.10. The Hall–Kier alpha value is -1.14. The van der Waals surface area contributed by atoms with Gasteiger partial charge < -0.3 is 15.3 Å². The van der Waals surface area contributed by atoms with Crippen LogP contribution >= 0.6 is 15.9 Å². The molecular formula is C12H14BrFN2O2. The highest BCUT2D eigenvalue weighted by Crippen LogP contribution is 2.25. The molecule has 1 aliphatic heterocycles. The third kappa shape index (κ3) is 2.81. The Balaban J connectivity index is 2.11. The number of hydrogen-bond acceptors (Lipinski definition) is 2. The summed E-state index contributed by atoms with van der Waals surface area (Å²) in [7, 11) is 0. The molecule has 2 amide bonds. The zero-order valence-corrected chi connectivity index (χ0v) is 11.3. The lowest BCUT2D eigenvalue weighted by Gasteiger charge is -2.14. The van der Waals surface area contributed by atoms with Crippen LogP contribution in [0.25, 0.3) is 0 Å². The standard InChI is InChI=1S/C12H14BrFN2O2/c13-8-2-3-10(14)9(6-8)11-7-16(4-1-5-17)12(18)15-11/h2-3,6,11,17H,1,4-5,7H2,(H,15,18). The lowest BCUT2D eigenvalue weighted by Crippen LogP contribution is -2.29. The summed E-state index contributed by atoms with van der Waals surface area (Å²) in [5.74, 6) is -0.326. The molecule has 98 valence electrons. The number of rotatable bonds is 4. The molecule has 0 aromatic heterocycles. The zero-order valence-electron chi connectivity index (χ0n) is 9.70. The van der Waals surface area contributed by atoms with E-state index in [9.17, 15) is 9.18 Å². The lowest BCUT2D eigenvalue weighted by molar-refractivity contribution is 0.209. The van der Waals surface area contributed by atoms with E-state index in [0.717, 1.165) is 4.47 Å². The lowest BCUT2D eigenvalue weighted by atomic mass is 10.1. The smallest absolute Gasteiger partial charge is 0.318 e. The van der Waals surface area contributed by atoms with E-state index in [-0.39, 0.29) is 24.5 Å². The molecule has 0 spiro atoms. The third-order valence-corrected chi connectivity index (χ3v) is 3.40. The van der Waals surface area contributed by atoms with E-state index in [1.54, 1.807) is 17.0 Å². The number of aliphatic hydroxyl groups is 1. The van der Waals surface area contributed by atoms with Gasteiger partial charge in [0.2, 0.25) is 0 Å². The van der Waals surface area contributed by atoms with Crippen molar-refractivity contribution < 1.29 is 14.3 Å². The molecular weight excluding hydrogens is 303 g/mol. The number of urea groups is 1. The van der Waals surface area contributed by atoms with Crippen molar-refractivity contribution in [2.45, 2.75) is 12.5 Å². The number of aliphatic hydroxyl groups excluding tert-OH is 1. The molecule has 18 heavy (non-hydrogen) atoms. The summed E-state index contributed by atoms with van der Waals surface area (Å²) in [6.07, 6.45) is 0.529. The number of nitrogens with zero attached hydrogens (tertiary/aromatic N) is 1. The first-order chi connectivity index (χ1) is 8.61. The van der Waals surface area contributed by atoms with E-state index >= 15 is 0 Å². The summed E-state index contributed by atoms with van der Waals surface area (Å²) >= 11 is 3.29. The molecule has 1 saturated heterocycles. The predicted octanol–water partition coefficient (Wildman–Crippen LogP) is 2.04. The van der Waals surface area contributed by atoms with E-state index in [2.05, 4.69) is 21.2 Å². The Labute approximate surface area is 113 Å². The second-order valence-corrected chi connectivity index (χ2v) is 5.11. The first-order valence-electron chi connectivity index (χ1n) is 5.73. The maximum atomic E-state index is 13.7. The fourth-order valence-electron chi connectivity index (χ4n) is 2.00. The van der Waals surface area contributed by atoms with Crippen LogP contribution in [0.15, 0.2) is 22.7 Å². The van der Waals surface area contributed by atoms with Crippen molar-refractivity contribution in [3.05, 3.63) is 34.1 Å². The molecule has 0 bridgehead atoms. The van der Waals surface area contributed by atoms with Crippen LogP contribution in [0.3, 0.4) is 0 Å². The molecule has 4 nitrogen and oxygen atoms in total. The minimum absolute atomic E-state index is 0.0414. The Kier molecular flexibility index (Phi) is 4.19. The Bertz CT molecular complexity index is 456. The fraction of sp³-hybridized carbons (Fsp3) is 0.417. The van der Waals surface area contributed by atoms with Gasteiger partial charge in [-0.1, -0.05) is 15.9 Å². The second kappa shape index (κ2) is 5.67. The van der Waals surface area contributed by atoms with E-state index in [1.807, 2.05) is 0 Å². The molecule has 1 unspecified atom stereocenters. The monoisotopic (exact) mass is 316 g/mol. The zero-order chi connectivity index (χ0) is 13.1. The van der Waals surface area contributed by atoms with Crippen LogP contribution in [0.5, 0.6) is 0 Å². The van der Waals surface area contributed by atoms with Crippen molar-refractivity contribution in [1.29, 1.82) is 0 Å². The Morgan fingerprint density at radius 2 is 2.33 bits per heavy atom. The van der Waals surface area contributed by atoms with Gasteiger partial charge in [-0.25, -0.2) is 9.18 Å². The van der Waals surface area contributed by atoms with Crippen LogP contribution in [0.4, 0.5) is 9.18 Å². The van der Waals surface area contributed by atoms with E-state index in [1.165, 1.54) is 6.07 Å². The Morgan fingerprint density at radius 3 is 3.06 bits per heavy atom. The number of halogens is 2. The molecule has 6 heteroatoms. The third-order valence-electron chi connectivity index (χ3n) is 2.91. The molecule has 2 N–H and O–H groups in total. The first-order valence-corrected chi connectivity index (χ1v) is 6.52. The molecule has 0 radical (unpaired) electrons. The van der Waals surface area contributed by atoms with Gasteiger partial charge in [0.15, 0.2) is 0 Å². The van der Waals surface area contributed by atoms with Crippen molar-refractivity contribution in [3.8, 4) is 0 Å². The molecule has 1 fully saturated rings. The summed E-state index contributed by atoms with van der Waals surface area (Å²) in [5, 5.41) is 11.5. The molecule has 1 aromatic carbocycles. The quantitative estimate of drug-likeness (QED) is 0.893. The number of hydrogen-bond donors (Lipinski definition) is 2. The van der Waals surface area contributed by atoms with Gasteiger partial charge in [-0.3, -0.25) is 0 Å². The molecule has 1 heterocycles.